The highest BCUT2D eigenvalue weighted by Gasteiger charge is 2.54. The highest BCUT2D eigenvalue weighted by molar-refractivity contribution is 5.98. The zero-order chi connectivity index (χ0) is 22.2. The van der Waals surface area contributed by atoms with Gasteiger partial charge in [-0.15, -0.1) is 6.58 Å². The van der Waals surface area contributed by atoms with Crippen LogP contribution in [0.15, 0.2) is 55.3 Å². The fourth-order valence-corrected chi connectivity index (χ4v) is 4.99. The van der Waals surface area contributed by atoms with Gasteiger partial charge in [0.1, 0.15) is 5.69 Å². The molecular weight excluding hydrogens is 404 g/mol. The van der Waals surface area contributed by atoms with Crippen molar-refractivity contribution in [3.05, 3.63) is 60.8 Å². The molecule has 32 heavy (non-hydrogen) atoms. The molecule has 1 amide bonds. The third-order valence-electron chi connectivity index (χ3n) is 6.72. The summed E-state index contributed by atoms with van der Waals surface area (Å²) < 4.78 is 2.29. The highest BCUT2D eigenvalue weighted by atomic mass is 16.4. The lowest BCUT2D eigenvalue weighted by atomic mass is 9.95. The number of benzene rings is 1. The number of fused-ring (bicyclic) bond motifs is 1. The van der Waals surface area contributed by atoms with Gasteiger partial charge in [-0.25, -0.2) is 4.98 Å². The number of pyridine rings is 1. The summed E-state index contributed by atoms with van der Waals surface area (Å²) in [5, 5.41) is 12.1. The number of carboxylic acid groups (broad SMARTS) is 1. The number of aromatic nitrogens is 3. The molecule has 2 aliphatic carbocycles. The van der Waals surface area contributed by atoms with Crippen LogP contribution in [0.4, 0.5) is 0 Å². The zero-order valence-electron chi connectivity index (χ0n) is 17.8. The Morgan fingerprint density at radius 2 is 1.97 bits per heavy atom. The highest BCUT2D eigenvalue weighted by Crippen LogP contribution is 2.40. The van der Waals surface area contributed by atoms with Gasteiger partial charge in [0.25, 0.3) is 5.91 Å². The first-order chi connectivity index (χ1) is 15.6. The molecule has 5 rings (SSSR count). The van der Waals surface area contributed by atoms with Crippen LogP contribution in [0, 0.1) is 11.8 Å². The Morgan fingerprint density at radius 3 is 2.62 bits per heavy atom. The van der Waals surface area contributed by atoms with Gasteiger partial charge in [0, 0.05) is 23.7 Å². The summed E-state index contributed by atoms with van der Waals surface area (Å²) >= 11 is 0. The molecule has 1 aromatic carbocycles. The maximum absolute atomic E-state index is 12.8. The van der Waals surface area contributed by atoms with Gasteiger partial charge < -0.3 is 15.0 Å². The van der Waals surface area contributed by atoms with Crippen molar-refractivity contribution in [1.82, 2.24) is 19.9 Å². The molecule has 7 heteroatoms. The summed E-state index contributed by atoms with van der Waals surface area (Å²) in [7, 11) is 0. The summed E-state index contributed by atoms with van der Waals surface area (Å²) in [5.41, 5.74) is 3.02. The summed E-state index contributed by atoms with van der Waals surface area (Å²) in [6.07, 6.45) is 9.23. The molecule has 2 fully saturated rings. The summed E-state index contributed by atoms with van der Waals surface area (Å²) in [4.78, 5) is 33.6. The lowest BCUT2D eigenvalue weighted by Crippen LogP contribution is -2.28. The summed E-state index contributed by atoms with van der Waals surface area (Å²) in [5.74, 6) is -1.23. The molecule has 2 N–H and O–H groups in total. The standard InChI is InChI=1S/C25H26N4O3/c1-2-17-21(25(31)32)22(17)28-24(30)15-11-12-20-19(14-15)27-23(18-10-6-7-13-26-18)29(20)16-8-4-3-5-9-16/h2,6-7,10-14,16-17,21-22H,1,3-5,8-9H2,(H,28,30)(H,31,32)/t17-,21?,22+/m0/s1. The van der Waals surface area contributed by atoms with Gasteiger partial charge in [-0.05, 0) is 43.2 Å². The van der Waals surface area contributed by atoms with Gasteiger partial charge >= 0.3 is 5.97 Å². The predicted molar refractivity (Wildman–Crippen MR) is 121 cm³/mol. The molecule has 3 aromatic rings. The van der Waals surface area contributed by atoms with Crippen LogP contribution in [0.1, 0.15) is 48.5 Å². The van der Waals surface area contributed by atoms with Crippen LogP contribution < -0.4 is 5.32 Å². The molecule has 2 aliphatic rings. The number of carbonyl (C=O) groups is 2. The number of imidazole rings is 1. The van der Waals surface area contributed by atoms with E-state index in [4.69, 9.17) is 4.98 Å². The molecular formula is C25H26N4O3. The minimum atomic E-state index is -0.915. The molecule has 3 atom stereocenters. The van der Waals surface area contributed by atoms with E-state index in [1.165, 1.54) is 19.3 Å². The van der Waals surface area contributed by atoms with Crippen molar-refractivity contribution in [3.63, 3.8) is 0 Å². The van der Waals surface area contributed by atoms with Crippen molar-refractivity contribution in [2.24, 2.45) is 11.8 Å². The van der Waals surface area contributed by atoms with Gasteiger partial charge in [-0.1, -0.05) is 31.4 Å². The average Bonchev–Trinajstić information content (AvgIpc) is 3.39. The molecule has 164 valence electrons. The smallest absolute Gasteiger partial charge is 0.309 e. The number of carbonyl (C=O) groups excluding carboxylic acids is 1. The Bertz CT molecular complexity index is 1180. The fourth-order valence-electron chi connectivity index (χ4n) is 4.99. The lowest BCUT2D eigenvalue weighted by molar-refractivity contribution is -0.138. The first-order valence-electron chi connectivity index (χ1n) is 11.2. The lowest BCUT2D eigenvalue weighted by Gasteiger charge is -2.25. The quantitative estimate of drug-likeness (QED) is 0.571. The van der Waals surface area contributed by atoms with Crippen LogP contribution in [0.5, 0.6) is 0 Å². The van der Waals surface area contributed by atoms with Crippen molar-refractivity contribution in [2.75, 3.05) is 0 Å². The second-order valence-electron chi connectivity index (χ2n) is 8.69. The van der Waals surface area contributed by atoms with E-state index >= 15 is 0 Å². The molecule has 0 spiro atoms. The molecule has 0 aliphatic heterocycles. The molecule has 0 radical (unpaired) electrons. The van der Waals surface area contributed by atoms with E-state index < -0.39 is 17.9 Å². The number of rotatable bonds is 6. The Balaban J connectivity index is 1.49. The SMILES string of the molecule is C=C[C@H]1C(C(=O)O)[C@@H]1NC(=O)c1ccc2c(c1)nc(-c1ccccn1)n2C1CCCCC1. The number of nitrogens with zero attached hydrogens (tertiary/aromatic N) is 3. The maximum Gasteiger partial charge on any atom is 0.309 e. The van der Waals surface area contributed by atoms with Gasteiger partial charge in [-0.2, -0.15) is 0 Å². The van der Waals surface area contributed by atoms with Crippen molar-refractivity contribution >= 4 is 22.9 Å². The fraction of sp³-hybridized carbons (Fsp3) is 0.360. The first-order valence-corrected chi connectivity index (χ1v) is 11.2. The largest absolute Gasteiger partial charge is 0.481 e. The summed E-state index contributed by atoms with van der Waals surface area (Å²) in [6.45, 7) is 3.68. The van der Waals surface area contributed by atoms with Gasteiger partial charge in [0.2, 0.25) is 0 Å². The van der Waals surface area contributed by atoms with Crippen LogP contribution in [-0.2, 0) is 4.79 Å². The van der Waals surface area contributed by atoms with Crippen molar-refractivity contribution in [2.45, 2.75) is 44.2 Å². The molecule has 1 unspecified atom stereocenters. The van der Waals surface area contributed by atoms with E-state index in [-0.39, 0.29) is 11.8 Å². The minimum absolute atomic E-state index is 0.235. The number of hydrogen-bond donors (Lipinski definition) is 2. The molecule has 2 saturated carbocycles. The Kier molecular flexibility index (Phi) is 5.25. The van der Waals surface area contributed by atoms with E-state index in [1.54, 1.807) is 24.4 Å². The van der Waals surface area contributed by atoms with Crippen LogP contribution >= 0.6 is 0 Å². The monoisotopic (exact) mass is 430 g/mol. The third kappa shape index (κ3) is 3.57. The number of hydrogen-bond acceptors (Lipinski definition) is 4. The van der Waals surface area contributed by atoms with Gasteiger partial charge in [0.05, 0.1) is 23.0 Å². The second kappa shape index (κ2) is 8.22. The van der Waals surface area contributed by atoms with Crippen molar-refractivity contribution in [1.29, 1.82) is 0 Å². The first kappa shape index (κ1) is 20.4. The van der Waals surface area contributed by atoms with Gasteiger partial charge in [-0.3, -0.25) is 14.6 Å². The van der Waals surface area contributed by atoms with E-state index in [0.717, 1.165) is 35.4 Å². The summed E-state index contributed by atoms with van der Waals surface area (Å²) in [6, 6.07) is 11.3. The van der Waals surface area contributed by atoms with Crippen LogP contribution in [0.25, 0.3) is 22.6 Å². The normalized spacial score (nSPS) is 23.1. The molecule has 0 saturated heterocycles. The minimum Gasteiger partial charge on any atom is -0.481 e. The topological polar surface area (TPSA) is 97.1 Å². The molecule has 0 bridgehead atoms. The average molecular weight is 431 g/mol. The van der Waals surface area contributed by atoms with Gasteiger partial charge in [0.15, 0.2) is 5.82 Å². The molecule has 7 nitrogen and oxygen atoms in total. The Hall–Kier alpha value is -3.48. The van der Waals surface area contributed by atoms with Crippen molar-refractivity contribution < 1.29 is 14.7 Å². The van der Waals surface area contributed by atoms with E-state index in [9.17, 15) is 14.7 Å². The van der Waals surface area contributed by atoms with Crippen LogP contribution in [-0.4, -0.2) is 37.6 Å². The zero-order valence-corrected chi connectivity index (χ0v) is 17.8. The number of aliphatic carboxylic acids is 1. The number of amides is 1. The number of carboxylic acids is 1. The number of nitrogens with one attached hydrogen (secondary N) is 1. The molecule has 2 heterocycles. The van der Waals surface area contributed by atoms with Crippen molar-refractivity contribution in [3.8, 4) is 11.5 Å². The maximum atomic E-state index is 12.8. The Morgan fingerprint density at radius 1 is 1.16 bits per heavy atom. The third-order valence-corrected chi connectivity index (χ3v) is 6.72. The van der Waals surface area contributed by atoms with E-state index in [1.807, 2.05) is 24.3 Å². The molecule has 2 aromatic heterocycles. The van der Waals surface area contributed by atoms with Crippen LogP contribution in [0.3, 0.4) is 0 Å². The van der Waals surface area contributed by atoms with E-state index in [0.29, 0.717) is 11.6 Å². The van der Waals surface area contributed by atoms with Crippen LogP contribution in [0.2, 0.25) is 0 Å². The second-order valence-corrected chi connectivity index (χ2v) is 8.69. The van der Waals surface area contributed by atoms with E-state index in [2.05, 4.69) is 21.4 Å². The Labute approximate surface area is 186 Å². The predicted octanol–water partition coefficient (Wildman–Crippen LogP) is 4.22.